The molecule has 2 aliphatic rings. The number of para-hydroxylation sites is 1. The molecule has 7 nitrogen and oxygen atoms in total. The summed E-state index contributed by atoms with van der Waals surface area (Å²) in [6.45, 7) is 8.60. The molecule has 2 fully saturated rings. The Bertz CT molecular complexity index is 676. The van der Waals surface area contributed by atoms with Crippen LogP contribution >= 0.6 is 0 Å². The van der Waals surface area contributed by atoms with Crippen molar-refractivity contribution in [2.24, 2.45) is 0 Å². The van der Waals surface area contributed by atoms with Crippen LogP contribution in [0.15, 0.2) is 18.2 Å². The fourth-order valence-electron chi connectivity index (χ4n) is 3.60. The van der Waals surface area contributed by atoms with Crippen molar-refractivity contribution in [1.29, 1.82) is 0 Å². The Balaban J connectivity index is 1.46. The third kappa shape index (κ3) is 6.02. The molecule has 1 aliphatic heterocycles. The number of hydrogen-bond donors (Lipinski definition) is 2. The molecule has 0 bridgehead atoms. The van der Waals surface area contributed by atoms with Gasteiger partial charge in [0, 0.05) is 50.9 Å². The lowest BCUT2D eigenvalue weighted by Gasteiger charge is -2.32. The Morgan fingerprint density at radius 3 is 2.32 bits per heavy atom. The van der Waals surface area contributed by atoms with Gasteiger partial charge in [-0.2, -0.15) is 0 Å². The van der Waals surface area contributed by atoms with E-state index in [-0.39, 0.29) is 11.8 Å². The van der Waals surface area contributed by atoms with E-state index >= 15 is 0 Å². The maximum absolute atomic E-state index is 12.6. The lowest BCUT2D eigenvalue weighted by Crippen LogP contribution is -2.53. The maximum Gasteiger partial charge on any atom is 0.238 e. The van der Waals surface area contributed by atoms with Crippen LogP contribution in [0.2, 0.25) is 0 Å². The number of nitrogens with one attached hydrogen (secondary N) is 2. The van der Waals surface area contributed by atoms with Gasteiger partial charge in [-0.3, -0.25) is 19.9 Å². The van der Waals surface area contributed by atoms with Gasteiger partial charge in [0.25, 0.3) is 0 Å². The van der Waals surface area contributed by atoms with Gasteiger partial charge in [-0.05, 0) is 44.9 Å². The average molecular weight is 388 g/mol. The number of amides is 2. The zero-order valence-corrected chi connectivity index (χ0v) is 17.3. The van der Waals surface area contributed by atoms with Gasteiger partial charge in [0.1, 0.15) is 0 Å². The van der Waals surface area contributed by atoms with Crippen molar-refractivity contribution in [1.82, 2.24) is 20.2 Å². The zero-order chi connectivity index (χ0) is 20.1. The predicted octanol–water partition coefficient (Wildman–Crippen LogP) is 1.38. The molecule has 1 heterocycles. The van der Waals surface area contributed by atoms with Gasteiger partial charge in [0.05, 0.1) is 6.54 Å². The quantitative estimate of drug-likeness (QED) is 0.705. The van der Waals surface area contributed by atoms with E-state index < -0.39 is 0 Å². The predicted molar refractivity (Wildman–Crippen MR) is 111 cm³/mol. The summed E-state index contributed by atoms with van der Waals surface area (Å²) in [5.41, 5.74) is 6.04. The van der Waals surface area contributed by atoms with Crippen LogP contribution in [-0.4, -0.2) is 79.0 Å². The summed E-state index contributed by atoms with van der Waals surface area (Å²) < 4.78 is 0. The first-order chi connectivity index (χ1) is 13.4. The summed E-state index contributed by atoms with van der Waals surface area (Å²) in [5, 5.41) is 5.05. The van der Waals surface area contributed by atoms with E-state index in [9.17, 15) is 9.59 Å². The number of nitrogens with zero attached hydrogens (tertiary/aromatic N) is 3. The molecular weight excluding hydrogens is 354 g/mol. The van der Waals surface area contributed by atoms with Gasteiger partial charge in [-0.25, -0.2) is 5.01 Å². The summed E-state index contributed by atoms with van der Waals surface area (Å²) in [5.74, 6) is 0.0223. The second kappa shape index (κ2) is 9.49. The standard InChI is InChI=1S/C21H33N5O2/c1-16-5-4-6-17(2)21(16)22-20(28)15-25(18-7-8-18)10-9-19(27)23-26-13-11-24(3)12-14-26/h4-6,18H,7-15H2,1-3H3,(H,22,28)(H,23,27). The Morgan fingerprint density at radius 2 is 1.71 bits per heavy atom. The molecule has 0 radical (unpaired) electrons. The first-order valence-electron chi connectivity index (χ1n) is 10.3. The number of hydrazine groups is 1. The summed E-state index contributed by atoms with van der Waals surface area (Å²) in [6.07, 6.45) is 2.63. The third-order valence-corrected chi connectivity index (χ3v) is 5.57. The normalized spacial score (nSPS) is 18.3. The number of piperazine rings is 1. The van der Waals surface area contributed by atoms with Gasteiger partial charge in [0.15, 0.2) is 0 Å². The molecule has 28 heavy (non-hydrogen) atoms. The van der Waals surface area contributed by atoms with Crippen LogP contribution in [0, 0.1) is 13.8 Å². The number of hydrogen-bond acceptors (Lipinski definition) is 5. The number of aryl methyl sites for hydroxylation is 2. The Labute approximate surface area is 168 Å². The van der Waals surface area contributed by atoms with E-state index in [4.69, 9.17) is 0 Å². The molecule has 1 saturated carbocycles. The molecular formula is C21H33N5O2. The van der Waals surface area contributed by atoms with Crippen molar-refractivity contribution in [2.75, 3.05) is 51.6 Å². The van der Waals surface area contributed by atoms with Gasteiger partial charge in [-0.15, -0.1) is 0 Å². The minimum Gasteiger partial charge on any atom is -0.324 e. The van der Waals surface area contributed by atoms with E-state index in [1.54, 1.807) is 0 Å². The largest absolute Gasteiger partial charge is 0.324 e. The van der Waals surface area contributed by atoms with Crippen molar-refractivity contribution in [3.8, 4) is 0 Å². The lowest BCUT2D eigenvalue weighted by atomic mass is 10.1. The van der Waals surface area contributed by atoms with Gasteiger partial charge >= 0.3 is 0 Å². The molecule has 7 heteroatoms. The molecule has 0 spiro atoms. The van der Waals surface area contributed by atoms with Crippen LogP contribution in [0.25, 0.3) is 0 Å². The Morgan fingerprint density at radius 1 is 1.07 bits per heavy atom. The van der Waals surface area contributed by atoms with E-state index in [0.717, 1.165) is 55.8 Å². The summed E-state index contributed by atoms with van der Waals surface area (Å²) in [7, 11) is 2.09. The van der Waals surface area contributed by atoms with Crippen LogP contribution in [0.4, 0.5) is 5.69 Å². The van der Waals surface area contributed by atoms with Crippen molar-refractivity contribution in [3.05, 3.63) is 29.3 Å². The van der Waals surface area contributed by atoms with Crippen LogP contribution in [-0.2, 0) is 9.59 Å². The second-order valence-corrected chi connectivity index (χ2v) is 8.09. The number of rotatable bonds is 8. The number of anilines is 1. The van der Waals surface area contributed by atoms with E-state index in [0.29, 0.717) is 25.6 Å². The zero-order valence-electron chi connectivity index (χ0n) is 17.3. The number of carbonyl (C=O) groups excluding carboxylic acids is 2. The highest BCUT2D eigenvalue weighted by Crippen LogP contribution is 2.27. The molecule has 3 rings (SSSR count). The van der Waals surface area contributed by atoms with Crippen molar-refractivity contribution in [3.63, 3.8) is 0 Å². The fourth-order valence-corrected chi connectivity index (χ4v) is 3.60. The van der Waals surface area contributed by atoms with Crippen molar-refractivity contribution in [2.45, 2.75) is 39.2 Å². The van der Waals surface area contributed by atoms with Crippen molar-refractivity contribution >= 4 is 17.5 Å². The Kier molecular flexibility index (Phi) is 7.04. The van der Waals surface area contributed by atoms with Crippen molar-refractivity contribution < 1.29 is 9.59 Å². The van der Waals surface area contributed by atoms with Crippen LogP contribution < -0.4 is 10.7 Å². The molecule has 2 N–H and O–H groups in total. The maximum atomic E-state index is 12.6. The Hall–Kier alpha value is -1.96. The number of carbonyl (C=O) groups is 2. The van der Waals surface area contributed by atoms with E-state index in [1.807, 2.05) is 37.1 Å². The minimum atomic E-state index is -0.0104. The molecule has 154 valence electrons. The number of likely N-dealkylation sites (N-methyl/N-ethyl adjacent to an activating group) is 1. The summed E-state index contributed by atoms with van der Waals surface area (Å²) >= 11 is 0. The molecule has 1 saturated heterocycles. The third-order valence-electron chi connectivity index (χ3n) is 5.57. The van der Waals surface area contributed by atoms with Gasteiger partial charge in [-0.1, -0.05) is 18.2 Å². The summed E-state index contributed by atoms with van der Waals surface area (Å²) in [4.78, 5) is 29.3. The molecule has 0 unspecified atom stereocenters. The monoisotopic (exact) mass is 387 g/mol. The molecule has 1 aromatic rings. The molecule has 1 aromatic carbocycles. The molecule has 0 atom stereocenters. The molecule has 2 amide bonds. The molecule has 0 aromatic heterocycles. The van der Waals surface area contributed by atoms with Gasteiger partial charge < -0.3 is 10.2 Å². The van der Waals surface area contributed by atoms with Crippen LogP contribution in [0.1, 0.15) is 30.4 Å². The topological polar surface area (TPSA) is 67.9 Å². The molecule has 1 aliphatic carbocycles. The highest BCUT2D eigenvalue weighted by atomic mass is 16.2. The highest BCUT2D eigenvalue weighted by Gasteiger charge is 2.30. The first-order valence-corrected chi connectivity index (χ1v) is 10.3. The van der Waals surface area contributed by atoms with Crippen LogP contribution in [0.5, 0.6) is 0 Å². The van der Waals surface area contributed by atoms with Crippen LogP contribution in [0.3, 0.4) is 0 Å². The smallest absolute Gasteiger partial charge is 0.238 e. The fraction of sp³-hybridized carbons (Fsp3) is 0.619. The SMILES string of the molecule is Cc1cccc(C)c1NC(=O)CN(CCC(=O)NN1CCN(C)CC1)C1CC1. The number of benzene rings is 1. The minimum absolute atomic E-state index is 0.0104. The second-order valence-electron chi connectivity index (χ2n) is 8.09. The lowest BCUT2D eigenvalue weighted by molar-refractivity contribution is -0.127. The highest BCUT2D eigenvalue weighted by molar-refractivity contribution is 5.93. The van der Waals surface area contributed by atoms with E-state index in [2.05, 4.69) is 27.6 Å². The van der Waals surface area contributed by atoms with E-state index in [1.165, 1.54) is 0 Å². The average Bonchev–Trinajstić information content (AvgIpc) is 3.49. The first kappa shape index (κ1) is 20.8. The summed E-state index contributed by atoms with van der Waals surface area (Å²) in [6, 6.07) is 6.43. The van der Waals surface area contributed by atoms with Gasteiger partial charge in [0.2, 0.25) is 11.8 Å².